The zero-order valence-electron chi connectivity index (χ0n) is 20.0. The number of nitrogens with zero attached hydrogens (tertiary/aromatic N) is 2. The minimum Gasteiger partial charge on any atom is -0.371 e. The van der Waals surface area contributed by atoms with Gasteiger partial charge in [0, 0.05) is 35.8 Å². The Hall–Kier alpha value is -3.12. The van der Waals surface area contributed by atoms with Gasteiger partial charge in [0.2, 0.25) is 11.5 Å². The maximum absolute atomic E-state index is 14.8. The highest BCUT2D eigenvalue weighted by Gasteiger charge is 2.58. The number of rotatable bonds is 7. The molecule has 12 heteroatoms. The third kappa shape index (κ3) is 4.35. The van der Waals surface area contributed by atoms with Crippen LogP contribution in [0.2, 0.25) is 0 Å². The minimum absolute atomic E-state index is 0.164. The van der Waals surface area contributed by atoms with Crippen molar-refractivity contribution in [3.05, 3.63) is 64.0 Å². The Morgan fingerprint density at radius 1 is 1.08 bits per heavy atom. The number of primary amides is 1. The van der Waals surface area contributed by atoms with Crippen LogP contribution >= 0.6 is 0 Å². The molecular formula is C25H25F6N3O3. The van der Waals surface area contributed by atoms with Crippen LogP contribution < -0.4 is 10.6 Å². The van der Waals surface area contributed by atoms with Crippen molar-refractivity contribution in [3.63, 3.8) is 0 Å². The van der Waals surface area contributed by atoms with Crippen molar-refractivity contribution in [1.29, 1.82) is 0 Å². The monoisotopic (exact) mass is 529 g/mol. The summed E-state index contributed by atoms with van der Waals surface area (Å²) in [4.78, 5) is 28.4. The summed E-state index contributed by atoms with van der Waals surface area (Å²) in [6.45, 7) is 5.34. The lowest BCUT2D eigenvalue weighted by Crippen LogP contribution is -2.50. The quantitative estimate of drug-likeness (QED) is 0.533. The molecule has 1 aliphatic heterocycles. The number of hydrogen-bond donors (Lipinski definition) is 2. The number of aliphatic hydroxyl groups is 1. The van der Waals surface area contributed by atoms with Crippen molar-refractivity contribution < 1.29 is 41.0 Å². The molecule has 2 aromatic carbocycles. The van der Waals surface area contributed by atoms with E-state index in [1.165, 1.54) is 0 Å². The minimum atomic E-state index is -5.25. The van der Waals surface area contributed by atoms with Crippen LogP contribution in [-0.2, 0) is 16.6 Å². The lowest BCUT2D eigenvalue weighted by molar-refractivity contribution is -0.142. The predicted molar refractivity (Wildman–Crippen MR) is 121 cm³/mol. The summed E-state index contributed by atoms with van der Waals surface area (Å²) >= 11 is 0. The normalized spacial score (nSPS) is 23.4. The largest absolute Gasteiger partial charge is 0.416 e. The lowest BCUT2D eigenvalue weighted by atomic mass is 9.78. The molecular weight excluding hydrogens is 504 g/mol. The number of alkyl halides is 3. The number of hydrogen-bond acceptors (Lipinski definition) is 4. The highest BCUT2D eigenvalue weighted by Crippen LogP contribution is 2.52. The topological polar surface area (TPSA) is 86.9 Å². The van der Waals surface area contributed by atoms with Gasteiger partial charge in [-0.25, -0.2) is 13.2 Å². The number of halogens is 6. The number of carbonyl (C=O) groups is 2. The summed E-state index contributed by atoms with van der Waals surface area (Å²) in [5.74, 6) is -7.73. The number of amides is 2. The van der Waals surface area contributed by atoms with Crippen molar-refractivity contribution in [3.8, 4) is 0 Å². The zero-order chi connectivity index (χ0) is 27.4. The van der Waals surface area contributed by atoms with E-state index < -0.39 is 69.0 Å². The Balaban J connectivity index is 1.89. The fourth-order valence-electron chi connectivity index (χ4n) is 5.44. The van der Waals surface area contributed by atoms with Gasteiger partial charge >= 0.3 is 6.18 Å². The molecule has 37 heavy (non-hydrogen) atoms. The standard InChI is InChI=1S/C25H25F6N3O3/c1-3-33(4-2)15-5-12(6-15)11-34-19-8-13(22(32)35)7-16(25(29,30)31)20(19)24(37,23(34)36)21-17(27)9-14(26)10-18(21)28/h7-10,12,15,37H,3-6,11H2,1-2H3,(H2,32,35)/t12-,15-,24?. The first-order chi connectivity index (χ1) is 17.2. The van der Waals surface area contributed by atoms with Crippen molar-refractivity contribution >= 4 is 17.5 Å². The number of benzene rings is 2. The first-order valence-corrected chi connectivity index (χ1v) is 11.7. The molecule has 2 amide bonds. The molecule has 3 N–H and O–H groups in total. The van der Waals surface area contributed by atoms with Crippen LogP contribution in [0.5, 0.6) is 0 Å². The molecule has 1 saturated carbocycles. The van der Waals surface area contributed by atoms with Gasteiger partial charge in [0.05, 0.1) is 16.8 Å². The number of anilines is 1. The van der Waals surface area contributed by atoms with E-state index in [1.54, 1.807) is 0 Å². The number of carbonyl (C=O) groups excluding carboxylic acids is 2. The SMILES string of the molecule is CCN(CC)[C@H]1C[C@H](CN2C(=O)C(O)(c3c(F)cc(F)cc3F)c3c2cc(C(N)=O)cc3C(F)(F)F)C1. The Labute approximate surface area is 208 Å². The van der Waals surface area contributed by atoms with Gasteiger partial charge < -0.3 is 20.6 Å². The van der Waals surface area contributed by atoms with E-state index in [1.807, 2.05) is 13.8 Å². The maximum atomic E-state index is 14.8. The smallest absolute Gasteiger partial charge is 0.371 e. The van der Waals surface area contributed by atoms with E-state index in [2.05, 4.69) is 4.90 Å². The molecule has 1 fully saturated rings. The molecule has 0 radical (unpaired) electrons. The summed E-state index contributed by atoms with van der Waals surface area (Å²) in [6.07, 6.45) is -4.06. The summed E-state index contributed by atoms with van der Waals surface area (Å²) in [6, 6.07) is 1.73. The molecule has 200 valence electrons. The van der Waals surface area contributed by atoms with Gasteiger partial charge in [-0.3, -0.25) is 9.59 Å². The van der Waals surface area contributed by atoms with Crippen LogP contribution in [0.15, 0.2) is 24.3 Å². The molecule has 1 atom stereocenters. The van der Waals surface area contributed by atoms with Gasteiger partial charge in [-0.2, -0.15) is 13.2 Å². The lowest BCUT2D eigenvalue weighted by Gasteiger charge is -2.43. The molecule has 2 aromatic rings. The highest BCUT2D eigenvalue weighted by atomic mass is 19.4. The molecule has 1 unspecified atom stereocenters. The molecule has 0 spiro atoms. The van der Waals surface area contributed by atoms with Crippen LogP contribution in [0, 0.1) is 23.4 Å². The van der Waals surface area contributed by atoms with Crippen LogP contribution in [0.4, 0.5) is 32.0 Å². The molecule has 1 aliphatic carbocycles. The molecule has 0 saturated heterocycles. The average Bonchev–Trinajstić information content (AvgIpc) is 2.97. The average molecular weight is 529 g/mol. The molecule has 0 bridgehead atoms. The van der Waals surface area contributed by atoms with Gasteiger partial charge in [-0.05, 0) is 44.0 Å². The Morgan fingerprint density at radius 2 is 1.65 bits per heavy atom. The van der Waals surface area contributed by atoms with Crippen LogP contribution in [0.3, 0.4) is 0 Å². The third-order valence-corrected chi connectivity index (χ3v) is 7.26. The van der Waals surface area contributed by atoms with E-state index in [9.17, 15) is 41.0 Å². The van der Waals surface area contributed by atoms with Gasteiger partial charge in [0.15, 0.2) is 0 Å². The van der Waals surface area contributed by atoms with Crippen molar-refractivity contribution in [2.75, 3.05) is 24.5 Å². The van der Waals surface area contributed by atoms with Crippen LogP contribution in [-0.4, -0.2) is 47.5 Å². The van der Waals surface area contributed by atoms with E-state index in [4.69, 9.17) is 5.73 Å². The fraction of sp³-hybridized carbons (Fsp3) is 0.440. The van der Waals surface area contributed by atoms with Crippen LogP contribution in [0.1, 0.15) is 53.7 Å². The first kappa shape index (κ1) is 26.9. The van der Waals surface area contributed by atoms with E-state index in [0.717, 1.165) is 24.1 Å². The molecule has 4 rings (SSSR count). The summed E-state index contributed by atoms with van der Waals surface area (Å²) < 4.78 is 85.8. The Morgan fingerprint density at radius 3 is 2.14 bits per heavy atom. The molecule has 0 aromatic heterocycles. The van der Waals surface area contributed by atoms with E-state index in [-0.39, 0.29) is 30.6 Å². The van der Waals surface area contributed by atoms with Gasteiger partial charge in [0.25, 0.3) is 5.91 Å². The molecule has 1 heterocycles. The van der Waals surface area contributed by atoms with Gasteiger partial charge in [-0.15, -0.1) is 0 Å². The number of fused-ring (bicyclic) bond motifs is 1. The Bertz CT molecular complexity index is 1230. The summed E-state index contributed by atoms with van der Waals surface area (Å²) in [5, 5.41) is 11.5. The molecule has 2 aliphatic rings. The Kier molecular flexibility index (Phi) is 6.78. The number of nitrogens with two attached hydrogens (primary N) is 1. The summed E-state index contributed by atoms with van der Waals surface area (Å²) in [5.41, 5.74) is -3.62. The van der Waals surface area contributed by atoms with Crippen LogP contribution in [0.25, 0.3) is 0 Å². The zero-order valence-corrected chi connectivity index (χ0v) is 20.0. The third-order valence-electron chi connectivity index (χ3n) is 7.26. The summed E-state index contributed by atoms with van der Waals surface area (Å²) in [7, 11) is 0. The van der Waals surface area contributed by atoms with E-state index in [0.29, 0.717) is 18.9 Å². The first-order valence-electron chi connectivity index (χ1n) is 11.7. The van der Waals surface area contributed by atoms with Crippen molar-refractivity contribution in [2.24, 2.45) is 11.7 Å². The second-order valence-corrected chi connectivity index (χ2v) is 9.36. The van der Waals surface area contributed by atoms with Crippen molar-refractivity contribution in [1.82, 2.24) is 4.90 Å². The van der Waals surface area contributed by atoms with Gasteiger partial charge in [0.1, 0.15) is 17.5 Å². The van der Waals surface area contributed by atoms with Gasteiger partial charge in [-0.1, -0.05) is 13.8 Å². The second-order valence-electron chi connectivity index (χ2n) is 9.36. The second kappa shape index (κ2) is 9.32. The molecule has 6 nitrogen and oxygen atoms in total. The van der Waals surface area contributed by atoms with E-state index >= 15 is 0 Å². The van der Waals surface area contributed by atoms with Crippen molar-refractivity contribution in [2.45, 2.75) is 44.5 Å². The predicted octanol–water partition coefficient (Wildman–Crippen LogP) is 3.92. The maximum Gasteiger partial charge on any atom is 0.416 e. The highest BCUT2D eigenvalue weighted by molar-refractivity contribution is 6.11. The fourth-order valence-corrected chi connectivity index (χ4v) is 5.44.